The lowest BCUT2D eigenvalue weighted by molar-refractivity contribution is -0.138. The monoisotopic (exact) mass is 234 g/mol. The molecule has 0 spiro atoms. The maximum atomic E-state index is 11.0. The van der Waals surface area contributed by atoms with Crippen molar-refractivity contribution in [2.45, 2.75) is 19.9 Å². The number of aryl methyl sites for hydroxylation is 2. The molecule has 5 heteroatoms. The summed E-state index contributed by atoms with van der Waals surface area (Å²) in [6.45, 7) is 3.76. The van der Waals surface area contributed by atoms with E-state index in [4.69, 9.17) is 10.8 Å². The van der Waals surface area contributed by atoms with Crippen LogP contribution in [0.25, 0.3) is 10.9 Å². The molecule has 17 heavy (non-hydrogen) atoms. The number of carboxylic acids is 1. The fourth-order valence-electron chi connectivity index (χ4n) is 2.04. The number of carbonyl (C=O) groups is 1. The normalized spacial score (nSPS) is 12.9. The Bertz CT molecular complexity index is 601. The number of rotatable bonds is 2. The SMILES string of the molecule is Cc1[nH]c2ccc(O)c(C(N)C(=O)O)c2c1C. The van der Waals surface area contributed by atoms with Gasteiger partial charge in [-0.1, -0.05) is 0 Å². The highest BCUT2D eigenvalue weighted by atomic mass is 16.4. The lowest BCUT2D eigenvalue weighted by atomic mass is 9.99. The van der Waals surface area contributed by atoms with Crippen LogP contribution in [0.1, 0.15) is 22.9 Å². The number of aliphatic carboxylic acids is 1. The van der Waals surface area contributed by atoms with Crippen molar-refractivity contribution in [3.05, 3.63) is 29.0 Å². The fraction of sp³-hybridized carbons (Fsp3) is 0.250. The topological polar surface area (TPSA) is 99.3 Å². The van der Waals surface area contributed by atoms with Crippen LogP contribution in [0.4, 0.5) is 0 Å². The van der Waals surface area contributed by atoms with Crippen molar-refractivity contribution in [2.24, 2.45) is 5.73 Å². The first-order valence-electron chi connectivity index (χ1n) is 5.22. The number of aromatic nitrogens is 1. The van der Waals surface area contributed by atoms with Gasteiger partial charge in [-0.05, 0) is 31.5 Å². The maximum Gasteiger partial charge on any atom is 0.325 e. The zero-order valence-corrected chi connectivity index (χ0v) is 9.61. The van der Waals surface area contributed by atoms with Gasteiger partial charge in [0.25, 0.3) is 0 Å². The summed E-state index contributed by atoms with van der Waals surface area (Å²) >= 11 is 0. The highest BCUT2D eigenvalue weighted by molar-refractivity contribution is 5.94. The molecular weight excluding hydrogens is 220 g/mol. The summed E-state index contributed by atoms with van der Waals surface area (Å²) in [4.78, 5) is 14.1. The molecule has 5 nitrogen and oxygen atoms in total. The summed E-state index contributed by atoms with van der Waals surface area (Å²) in [7, 11) is 0. The Kier molecular flexibility index (Phi) is 2.55. The van der Waals surface area contributed by atoms with Crippen molar-refractivity contribution in [2.75, 3.05) is 0 Å². The van der Waals surface area contributed by atoms with Crippen LogP contribution in [-0.2, 0) is 4.79 Å². The van der Waals surface area contributed by atoms with Gasteiger partial charge in [0.1, 0.15) is 11.8 Å². The fourth-order valence-corrected chi connectivity index (χ4v) is 2.04. The Morgan fingerprint density at radius 2 is 2.06 bits per heavy atom. The summed E-state index contributed by atoms with van der Waals surface area (Å²) in [6, 6.07) is 1.94. The van der Waals surface area contributed by atoms with E-state index in [0.717, 1.165) is 16.8 Å². The van der Waals surface area contributed by atoms with E-state index in [0.29, 0.717) is 5.39 Å². The molecule has 2 rings (SSSR count). The molecule has 0 bridgehead atoms. The molecule has 0 aliphatic rings. The van der Waals surface area contributed by atoms with E-state index >= 15 is 0 Å². The van der Waals surface area contributed by atoms with Gasteiger partial charge in [-0.2, -0.15) is 0 Å². The van der Waals surface area contributed by atoms with Crippen LogP contribution in [0, 0.1) is 13.8 Å². The molecule has 1 unspecified atom stereocenters. The van der Waals surface area contributed by atoms with Crippen molar-refractivity contribution in [1.82, 2.24) is 4.98 Å². The standard InChI is InChI=1S/C12H14N2O3/c1-5-6(2)14-7-3-4-8(15)10(9(5)7)11(13)12(16)17/h3-4,11,14-15H,13H2,1-2H3,(H,16,17). The van der Waals surface area contributed by atoms with E-state index in [1.807, 2.05) is 13.8 Å². The first-order chi connectivity index (χ1) is 7.93. The highest BCUT2D eigenvalue weighted by Gasteiger charge is 2.23. The molecule has 0 aliphatic carbocycles. The van der Waals surface area contributed by atoms with Crippen LogP contribution < -0.4 is 5.73 Å². The van der Waals surface area contributed by atoms with Crippen molar-refractivity contribution in [3.63, 3.8) is 0 Å². The summed E-state index contributed by atoms with van der Waals surface area (Å²) in [5, 5.41) is 19.5. The van der Waals surface area contributed by atoms with Gasteiger partial charge in [0, 0.05) is 22.2 Å². The minimum atomic E-state index is -1.23. The summed E-state index contributed by atoms with van der Waals surface area (Å²) < 4.78 is 0. The van der Waals surface area contributed by atoms with Crippen molar-refractivity contribution in [3.8, 4) is 5.75 Å². The van der Waals surface area contributed by atoms with Crippen molar-refractivity contribution >= 4 is 16.9 Å². The molecule has 0 radical (unpaired) electrons. The Morgan fingerprint density at radius 1 is 1.41 bits per heavy atom. The number of nitrogens with one attached hydrogen (secondary N) is 1. The van der Waals surface area contributed by atoms with Crippen LogP contribution >= 0.6 is 0 Å². The average Bonchev–Trinajstić information content (AvgIpc) is 2.55. The average molecular weight is 234 g/mol. The number of H-pyrrole nitrogens is 1. The number of carboxylic acid groups (broad SMARTS) is 1. The first kappa shape index (κ1) is 11.5. The number of fused-ring (bicyclic) bond motifs is 1. The molecule has 2 aromatic rings. The zero-order valence-electron chi connectivity index (χ0n) is 9.61. The minimum Gasteiger partial charge on any atom is -0.508 e. The van der Waals surface area contributed by atoms with E-state index in [1.165, 1.54) is 6.07 Å². The molecule has 90 valence electrons. The molecule has 5 N–H and O–H groups in total. The Balaban J connectivity index is 2.84. The number of aromatic amines is 1. The Hall–Kier alpha value is -2.01. The summed E-state index contributed by atoms with van der Waals surface area (Å²) in [5.41, 5.74) is 8.49. The van der Waals surface area contributed by atoms with Gasteiger partial charge in [0.15, 0.2) is 0 Å². The van der Waals surface area contributed by atoms with Gasteiger partial charge in [-0.3, -0.25) is 4.79 Å². The second kappa shape index (κ2) is 3.78. The van der Waals surface area contributed by atoms with E-state index in [1.54, 1.807) is 6.07 Å². The van der Waals surface area contributed by atoms with Crippen LogP contribution in [0.3, 0.4) is 0 Å². The lowest BCUT2D eigenvalue weighted by Crippen LogP contribution is -2.21. The molecule has 0 fully saturated rings. The van der Waals surface area contributed by atoms with E-state index in [9.17, 15) is 9.90 Å². The van der Waals surface area contributed by atoms with Crippen LogP contribution in [0.15, 0.2) is 12.1 Å². The quantitative estimate of drug-likeness (QED) is 0.633. The predicted octanol–water partition coefficient (Wildman–Crippen LogP) is 1.57. The van der Waals surface area contributed by atoms with Crippen molar-refractivity contribution in [1.29, 1.82) is 0 Å². The number of benzene rings is 1. The van der Waals surface area contributed by atoms with E-state index < -0.39 is 12.0 Å². The second-order valence-electron chi connectivity index (χ2n) is 4.11. The minimum absolute atomic E-state index is 0.0884. The Morgan fingerprint density at radius 3 is 2.65 bits per heavy atom. The highest BCUT2D eigenvalue weighted by Crippen LogP contribution is 2.34. The predicted molar refractivity (Wildman–Crippen MR) is 64.0 cm³/mol. The van der Waals surface area contributed by atoms with Gasteiger partial charge >= 0.3 is 5.97 Å². The Labute approximate surface area is 97.9 Å². The molecular formula is C12H14N2O3. The summed E-state index contributed by atoms with van der Waals surface area (Å²) in [6.07, 6.45) is 0. The van der Waals surface area contributed by atoms with Crippen LogP contribution in [0.2, 0.25) is 0 Å². The number of phenolic OH excluding ortho intramolecular Hbond substituents is 1. The molecule has 1 atom stereocenters. The molecule has 1 aromatic carbocycles. The number of hydrogen-bond acceptors (Lipinski definition) is 3. The smallest absolute Gasteiger partial charge is 0.325 e. The maximum absolute atomic E-state index is 11.0. The lowest BCUT2D eigenvalue weighted by Gasteiger charge is -2.11. The molecule has 0 saturated carbocycles. The van der Waals surface area contributed by atoms with Gasteiger partial charge in [-0.25, -0.2) is 0 Å². The van der Waals surface area contributed by atoms with Gasteiger partial charge in [0.2, 0.25) is 0 Å². The van der Waals surface area contributed by atoms with Gasteiger partial charge in [0.05, 0.1) is 0 Å². The zero-order chi connectivity index (χ0) is 12.7. The molecule has 0 aliphatic heterocycles. The summed E-state index contributed by atoms with van der Waals surface area (Å²) in [5.74, 6) is -1.25. The third kappa shape index (κ3) is 1.64. The molecule has 0 amide bonds. The number of nitrogens with two attached hydrogens (primary N) is 1. The van der Waals surface area contributed by atoms with E-state index in [-0.39, 0.29) is 11.3 Å². The number of phenols is 1. The number of aromatic hydroxyl groups is 1. The third-order valence-corrected chi connectivity index (χ3v) is 3.06. The van der Waals surface area contributed by atoms with Crippen molar-refractivity contribution < 1.29 is 15.0 Å². The molecule has 1 aromatic heterocycles. The van der Waals surface area contributed by atoms with E-state index in [2.05, 4.69) is 4.98 Å². The third-order valence-electron chi connectivity index (χ3n) is 3.06. The first-order valence-corrected chi connectivity index (χ1v) is 5.22. The molecule has 1 heterocycles. The van der Waals surface area contributed by atoms with Crippen LogP contribution in [0.5, 0.6) is 5.75 Å². The van der Waals surface area contributed by atoms with Gasteiger partial charge < -0.3 is 20.9 Å². The number of hydrogen-bond donors (Lipinski definition) is 4. The second-order valence-corrected chi connectivity index (χ2v) is 4.11. The molecule has 0 saturated heterocycles. The van der Waals surface area contributed by atoms with Gasteiger partial charge in [-0.15, -0.1) is 0 Å². The van der Waals surface area contributed by atoms with Crippen LogP contribution in [-0.4, -0.2) is 21.2 Å². The largest absolute Gasteiger partial charge is 0.508 e.